The molecule has 2 N–H and O–H groups in total. The highest BCUT2D eigenvalue weighted by molar-refractivity contribution is 5.89. The Kier molecular flexibility index (Phi) is 6.31. The third-order valence-corrected chi connectivity index (χ3v) is 6.37. The zero-order chi connectivity index (χ0) is 18.9. The summed E-state index contributed by atoms with van der Waals surface area (Å²) in [5.41, 5.74) is 8.33. The van der Waals surface area contributed by atoms with Crippen LogP contribution < -0.4 is 10.5 Å². The molecule has 2 fully saturated rings. The molecule has 0 aromatic heterocycles. The molecule has 28 heavy (non-hydrogen) atoms. The summed E-state index contributed by atoms with van der Waals surface area (Å²) in [6.45, 7) is 1.33. The van der Waals surface area contributed by atoms with Crippen LogP contribution in [-0.2, 0) is 10.2 Å². The first-order valence-electron chi connectivity index (χ1n) is 9.88. The molecule has 2 aromatic carbocycles. The van der Waals surface area contributed by atoms with Crippen LogP contribution in [0.2, 0.25) is 0 Å². The fraction of sp³-hybridized carbons (Fsp3) is 0.435. The first kappa shape index (κ1) is 20.7. The Morgan fingerprint density at radius 1 is 1.07 bits per heavy atom. The van der Waals surface area contributed by atoms with Crippen LogP contribution in [0.4, 0.5) is 0 Å². The minimum absolute atomic E-state index is 0. The van der Waals surface area contributed by atoms with Crippen LogP contribution in [0.15, 0.2) is 54.6 Å². The summed E-state index contributed by atoms with van der Waals surface area (Å²) in [5, 5.41) is 0. The van der Waals surface area contributed by atoms with Crippen LogP contribution in [0, 0.1) is 0 Å². The first-order valence-corrected chi connectivity index (χ1v) is 9.88. The molecule has 0 unspecified atom stereocenters. The van der Waals surface area contributed by atoms with E-state index in [0.29, 0.717) is 13.1 Å². The van der Waals surface area contributed by atoms with E-state index in [4.69, 9.17) is 10.5 Å². The van der Waals surface area contributed by atoms with Crippen molar-refractivity contribution in [2.24, 2.45) is 5.73 Å². The number of likely N-dealkylation sites (tertiary alicyclic amines) is 1. The lowest BCUT2D eigenvalue weighted by molar-refractivity contribution is -0.136. The highest BCUT2D eigenvalue weighted by Crippen LogP contribution is 2.44. The van der Waals surface area contributed by atoms with E-state index in [9.17, 15) is 4.79 Å². The lowest BCUT2D eigenvalue weighted by Gasteiger charge is -2.33. The number of halogens is 1. The zero-order valence-electron chi connectivity index (χ0n) is 16.3. The van der Waals surface area contributed by atoms with Gasteiger partial charge in [0.15, 0.2) is 0 Å². The molecule has 0 radical (unpaired) electrons. The van der Waals surface area contributed by atoms with Crippen molar-refractivity contribution < 1.29 is 9.53 Å². The van der Waals surface area contributed by atoms with E-state index in [-0.39, 0.29) is 30.3 Å². The maximum atomic E-state index is 13.7. The molecule has 4 rings (SSSR count). The summed E-state index contributed by atoms with van der Waals surface area (Å²) in [7, 11) is 1.67. The SMILES string of the molecule is COc1cccc(C2(C(=O)N3C[C@@H](N)[C@H](c4ccccc4)C3)CCCC2)c1.Cl. The van der Waals surface area contributed by atoms with E-state index in [2.05, 4.69) is 18.2 Å². The number of carbonyl (C=O) groups is 1. The minimum atomic E-state index is -0.431. The second kappa shape index (κ2) is 8.54. The molecule has 1 aliphatic carbocycles. The van der Waals surface area contributed by atoms with Crippen molar-refractivity contribution in [3.8, 4) is 5.75 Å². The maximum Gasteiger partial charge on any atom is 0.233 e. The Morgan fingerprint density at radius 3 is 2.46 bits per heavy atom. The number of ether oxygens (including phenoxy) is 1. The third-order valence-electron chi connectivity index (χ3n) is 6.37. The third kappa shape index (κ3) is 3.63. The second-order valence-corrected chi connectivity index (χ2v) is 7.91. The smallest absolute Gasteiger partial charge is 0.233 e. The number of nitrogens with two attached hydrogens (primary N) is 1. The van der Waals surface area contributed by atoms with Gasteiger partial charge in [0.05, 0.1) is 12.5 Å². The minimum Gasteiger partial charge on any atom is -0.497 e. The average Bonchev–Trinajstić information content (AvgIpc) is 3.36. The predicted molar refractivity (Wildman–Crippen MR) is 114 cm³/mol. The Balaban J connectivity index is 0.00000225. The molecule has 1 amide bonds. The molecular weight excluding hydrogens is 372 g/mol. The van der Waals surface area contributed by atoms with Gasteiger partial charge in [-0.15, -0.1) is 12.4 Å². The van der Waals surface area contributed by atoms with Crippen molar-refractivity contribution in [3.63, 3.8) is 0 Å². The van der Waals surface area contributed by atoms with Gasteiger partial charge in [-0.2, -0.15) is 0 Å². The van der Waals surface area contributed by atoms with Crippen molar-refractivity contribution in [2.75, 3.05) is 20.2 Å². The first-order chi connectivity index (χ1) is 13.1. The quantitative estimate of drug-likeness (QED) is 0.847. The van der Waals surface area contributed by atoms with Crippen LogP contribution in [0.1, 0.15) is 42.7 Å². The number of hydrogen-bond acceptors (Lipinski definition) is 3. The van der Waals surface area contributed by atoms with E-state index in [1.54, 1.807) is 7.11 Å². The molecule has 2 aliphatic rings. The Labute approximate surface area is 173 Å². The van der Waals surface area contributed by atoms with Crippen LogP contribution in [0.3, 0.4) is 0 Å². The number of benzene rings is 2. The van der Waals surface area contributed by atoms with Gasteiger partial charge in [-0.1, -0.05) is 55.3 Å². The molecule has 2 atom stereocenters. The highest BCUT2D eigenvalue weighted by atomic mass is 35.5. The summed E-state index contributed by atoms with van der Waals surface area (Å²) in [6, 6.07) is 18.4. The van der Waals surface area contributed by atoms with Gasteiger partial charge < -0.3 is 15.4 Å². The van der Waals surface area contributed by atoms with Gasteiger partial charge in [0, 0.05) is 25.0 Å². The maximum absolute atomic E-state index is 13.7. The van der Waals surface area contributed by atoms with Crippen molar-refractivity contribution in [1.29, 1.82) is 0 Å². The van der Waals surface area contributed by atoms with Gasteiger partial charge in [-0.05, 0) is 36.1 Å². The van der Waals surface area contributed by atoms with Crippen LogP contribution in [0.5, 0.6) is 5.75 Å². The Hall–Kier alpha value is -2.04. The monoisotopic (exact) mass is 400 g/mol. The van der Waals surface area contributed by atoms with Crippen LogP contribution in [-0.4, -0.2) is 37.0 Å². The molecule has 1 aliphatic heterocycles. The van der Waals surface area contributed by atoms with Gasteiger partial charge in [0.2, 0.25) is 5.91 Å². The molecule has 150 valence electrons. The van der Waals surface area contributed by atoms with Crippen molar-refractivity contribution in [2.45, 2.75) is 43.1 Å². The largest absolute Gasteiger partial charge is 0.497 e. The fourth-order valence-corrected chi connectivity index (χ4v) is 4.88. The molecular formula is C23H29ClN2O2. The standard InChI is InChI=1S/C23H28N2O2.ClH/c1-27-19-11-7-10-18(14-19)23(12-5-6-13-23)22(26)25-15-20(21(24)16-25)17-8-3-2-4-9-17;/h2-4,7-11,14,20-21H,5-6,12-13,15-16,24H2,1H3;1H/t20-,21+;/m0./s1. The summed E-state index contributed by atoms with van der Waals surface area (Å²) in [5.74, 6) is 1.26. The topological polar surface area (TPSA) is 55.6 Å². The Morgan fingerprint density at radius 2 is 1.79 bits per heavy atom. The Bertz CT molecular complexity index is 805. The van der Waals surface area contributed by atoms with Gasteiger partial charge in [0.25, 0.3) is 0 Å². The van der Waals surface area contributed by atoms with E-state index in [1.165, 1.54) is 5.56 Å². The van der Waals surface area contributed by atoms with Crippen molar-refractivity contribution in [3.05, 3.63) is 65.7 Å². The number of methoxy groups -OCH3 is 1. The van der Waals surface area contributed by atoms with Gasteiger partial charge >= 0.3 is 0 Å². The second-order valence-electron chi connectivity index (χ2n) is 7.91. The molecule has 0 spiro atoms. The number of rotatable bonds is 4. The molecule has 1 heterocycles. The number of carbonyl (C=O) groups excluding carboxylic acids is 1. The molecule has 1 saturated heterocycles. The van der Waals surface area contributed by atoms with E-state index < -0.39 is 5.41 Å². The number of nitrogens with zero attached hydrogens (tertiary/aromatic N) is 1. The van der Waals surface area contributed by atoms with E-state index in [1.807, 2.05) is 41.3 Å². The predicted octanol–water partition coefficient (Wildman–Crippen LogP) is 3.88. The highest BCUT2D eigenvalue weighted by Gasteiger charge is 2.47. The summed E-state index contributed by atoms with van der Waals surface area (Å²) >= 11 is 0. The number of hydrogen-bond donors (Lipinski definition) is 1. The van der Waals surface area contributed by atoms with Crippen LogP contribution in [0.25, 0.3) is 0 Å². The summed E-state index contributed by atoms with van der Waals surface area (Å²) < 4.78 is 5.41. The zero-order valence-corrected chi connectivity index (χ0v) is 17.2. The molecule has 5 heteroatoms. The average molecular weight is 401 g/mol. The molecule has 2 aromatic rings. The lowest BCUT2D eigenvalue weighted by atomic mass is 9.77. The summed E-state index contributed by atoms with van der Waals surface area (Å²) in [6.07, 6.45) is 3.98. The van der Waals surface area contributed by atoms with Crippen LogP contribution >= 0.6 is 12.4 Å². The van der Waals surface area contributed by atoms with Gasteiger partial charge in [-0.25, -0.2) is 0 Å². The van der Waals surface area contributed by atoms with E-state index >= 15 is 0 Å². The van der Waals surface area contributed by atoms with Crippen molar-refractivity contribution in [1.82, 2.24) is 4.90 Å². The molecule has 0 bridgehead atoms. The van der Waals surface area contributed by atoms with Gasteiger partial charge in [-0.3, -0.25) is 4.79 Å². The van der Waals surface area contributed by atoms with Gasteiger partial charge in [0.1, 0.15) is 5.75 Å². The fourth-order valence-electron chi connectivity index (χ4n) is 4.88. The molecule has 4 nitrogen and oxygen atoms in total. The number of amides is 1. The van der Waals surface area contributed by atoms with E-state index in [0.717, 1.165) is 37.0 Å². The summed E-state index contributed by atoms with van der Waals surface area (Å²) in [4.78, 5) is 15.7. The lowest BCUT2D eigenvalue weighted by Crippen LogP contribution is -2.45. The molecule has 1 saturated carbocycles. The normalized spacial score (nSPS) is 23.3. The van der Waals surface area contributed by atoms with Crippen molar-refractivity contribution >= 4 is 18.3 Å².